The zero-order valence-corrected chi connectivity index (χ0v) is 18.8. The van der Waals surface area contributed by atoms with Crippen LogP contribution < -0.4 is 4.90 Å². The van der Waals surface area contributed by atoms with E-state index in [1.54, 1.807) is 30.3 Å². The molecular formula is C26H28N2O4. The number of rotatable bonds is 6. The summed E-state index contributed by atoms with van der Waals surface area (Å²) in [5.41, 5.74) is 0.923. The van der Waals surface area contributed by atoms with Gasteiger partial charge in [0.05, 0.1) is 11.3 Å². The third kappa shape index (κ3) is 3.60. The number of esters is 1. The summed E-state index contributed by atoms with van der Waals surface area (Å²) in [7, 11) is 3.82. The fraction of sp³-hybridized carbons (Fsp3) is 0.346. The van der Waals surface area contributed by atoms with Crippen molar-refractivity contribution in [2.75, 3.05) is 32.1 Å². The third-order valence-corrected chi connectivity index (χ3v) is 6.12. The Balaban J connectivity index is 1.93. The molecule has 0 aromatic heterocycles. The van der Waals surface area contributed by atoms with Gasteiger partial charge in [0.15, 0.2) is 5.78 Å². The van der Waals surface area contributed by atoms with Crippen molar-refractivity contribution in [3.63, 3.8) is 0 Å². The van der Waals surface area contributed by atoms with E-state index in [2.05, 4.69) is 4.90 Å². The Labute approximate surface area is 188 Å². The van der Waals surface area contributed by atoms with Crippen LogP contribution in [0.15, 0.2) is 65.9 Å². The molecule has 2 aromatic carbocycles. The summed E-state index contributed by atoms with van der Waals surface area (Å²) in [6, 6.07) is 16.2. The fourth-order valence-corrected chi connectivity index (χ4v) is 4.59. The highest BCUT2D eigenvalue weighted by Gasteiger charge is 2.62. The molecule has 166 valence electrons. The molecule has 1 aliphatic heterocycles. The van der Waals surface area contributed by atoms with Gasteiger partial charge in [-0.05, 0) is 31.4 Å². The van der Waals surface area contributed by atoms with Crippen molar-refractivity contribution >= 4 is 23.2 Å². The Morgan fingerprint density at radius 1 is 0.969 bits per heavy atom. The molecule has 0 bridgehead atoms. The van der Waals surface area contributed by atoms with Crippen LogP contribution in [-0.2, 0) is 19.9 Å². The van der Waals surface area contributed by atoms with Crippen LogP contribution in [0.5, 0.6) is 0 Å². The van der Waals surface area contributed by atoms with E-state index in [-0.39, 0.29) is 11.4 Å². The highest BCUT2D eigenvalue weighted by molar-refractivity contribution is 6.34. The molecule has 1 aliphatic carbocycles. The minimum absolute atomic E-state index is 0.120. The first kappa shape index (κ1) is 21.8. The van der Waals surface area contributed by atoms with E-state index in [1.165, 1.54) is 6.92 Å². The van der Waals surface area contributed by atoms with Crippen molar-refractivity contribution in [1.82, 2.24) is 4.90 Å². The Morgan fingerprint density at radius 2 is 1.66 bits per heavy atom. The standard InChI is InChI=1S/C26H28N2O4/c1-18(29)32-26(20-13-10-14-21(17-20)27(2)3)24(28-15-8-5-9-16-28)22(25(26)31)23(30)19-11-6-4-7-12-19/h4,6-7,10-14,17H,5,8-9,15-16H2,1-3H3. The molecule has 1 fully saturated rings. The highest BCUT2D eigenvalue weighted by Crippen LogP contribution is 2.50. The quantitative estimate of drug-likeness (QED) is 0.394. The number of hydrogen-bond acceptors (Lipinski definition) is 6. The van der Waals surface area contributed by atoms with Crippen molar-refractivity contribution in [3.8, 4) is 0 Å². The van der Waals surface area contributed by atoms with E-state index in [9.17, 15) is 14.4 Å². The van der Waals surface area contributed by atoms with Crippen LogP contribution in [0, 0.1) is 0 Å². The van der Waals surface area contributed by atoms with Gasteiger partial charge in [-0.2, -0.15) is 0 Å². The van der Waals surface area contributed by atoms with Gasteiger partial charge in [0.2, 0.25) is 11.4 Å². The van der Waals surface area contributed by atoms with Crippen LogP contribution in [-0.4, -0.2) is 49.6 Å². The largest absolute Gasteiger partial charge is 0.439 e. The van der Waals surface area contributed by atoms with Gasteiger partial charge in [-0.3, -0.25) is 14.4 Å². The number of piperidine rings is 1. The van der Waals surface area contributed by atoms with Gasteiger partial charge in [-0.1, -0.05) is 42.5 Å². The number of ether oxygens (including phenoxy) is 1. The number of nitrogens with zero attached hydrogens (tertiary/aromatic N) is 2. The average molecular weight is 433 g/mol. The van der Waals surface area contributed by atoms with Crippen LogP contribution in [0.2, 0.25) is 0 Å². The molecule has 1 atom stereocenters. The monoisotopic (exact) mass is 432 g/mol. The summed E-state index contributed by atoms with van der Waals surface area (Å²) in [6.07, 6.45) is 3.01. The minimum atomic E-state index is -1.60. The number of hydrogen-bond donors (Lipinski definition) is 0. The number of Topliss-reactive ketones (excluding diaryl/α,β-unsaturated/α-hetero) is 2. The Bertz CT molecular complexity index is 1080. The van der Waals surface area contributed by atoms with Crippen molar-refractivity contribution in [2.45, 2.75) is 31.8 Å². The van der Waals surface area contributed by atoms with E-state index >= 15 is 0 Å². The Hall–Kier alpha value is -3.41. The van der Waals surface area contributed by atoms with Crippen molar-refractivity contribution < 1.29 is 19.1 Å². The Morgan fingerprint density at radius 3 is 2.28 bits per heavy atom. The first-order chi connectivity index (χ1) is 15.4. The number of anilines is 1. The van der Waals surface area contributed by atoms with E-state index in [0.717, 1.165) is 24.9 Å². The topological polar surface area (TPSA) is 66.9 Å². The maximum atomic E-state index is 13.8. The van der Waals surface area contributed by atoms with Gasteiger partial charge < -0.3 is 14.5 Å². The number of benzene rings is 2. The second-order valence-corrected chi connectivity index (χ2v) is 8.52. The van der Waals surface area contributed by atoms with Crippen molar-refractivity contribution in [1.29, 1.82) is 0 Å². The number of carbonyl (C=O) groups excluding carboxylic acids is 3. The van der Waals surface area contributed by atoms with Gasteiger partial charge in [-0.25, -0.2) is 0 Å². The lowest BCUT2D eigenvalue weighted by molar-refractivity contribution is -0.167. The van der Waals surface area contributed by atoms with Crippen LogP contribution in [0.1, 0.15) is 42.1 Å². The average Bonchev–Trinajstić information content (AvgIpc) is 2.81. The number of ketones is 2. The molecular weight excluding hydrogens is 404 g/mol. The number of likely N-dealkylation sites (tertiary alicyclic amines) is 1. The molecule has 0 saturated carbocycles. The SMILES string of the molecule is CC(=O)OC1(c2cccc(N(C)C)c2)C(=O)C(C(=O)c2ccccc2)=C1N1CCCCC1. The second-order valence-electron chi connectivity index (χ2n) is 8.52. The maximum Gasteiger partial charge on any atom is 0.304 e. The molecule has 32 heavy (non-hydrogen) atoms. The van der Waals surface area contributed by atoms with E-state index < -0.39 is 17.4 Å². The van der Waals surface area contributed by atoms with Gasteiger partial charge in [0.25, 0.3) is 0 Å². The van der Waals surface area contributed by atoms with E-state index in [1.807, 2.05) is 43.3 Å². The molecule has 2 aliphatic rings. The molecule has 1 saturated heterocycles. The molecule has 6 nitrogen and oxygen atoms in total. The molecule has 2 aromatic rings. The maximum absolute atomic E-state index is 13.8. The normalized spacial score (nSPS) is 20.6. The summed E-state index contributed by atoms with van der Waals surface area (Å²) < 4.78 is 5.83. The lowest BCUT2D eigenvalue weighted by atomic mass is 9.68. The lowest BCUT2D eigenvalue weighted by Crippen LogP contribution is -2.58. The number of carbonyl (C=O) groups is 3. The molecule has 4 rings (SSSR count). The summed E-state index contributed by atoms with van der Waals surface area (Å²) in [5, 5.41) is 0. The van der Waals surface area contributed by atoms with E-state index in [4.69, 9.17) is 4.74 Å². The van der Waals surface area contributed by atoms with Crippen molar-refractivity contribution in [3.05, 3.63) is 77.0 Å². The van der Waals surface area contributed by atoms with Gasteiger partial charge in [0.1, 0.15) is 0 Å². The smallest absolute Gasteiger partial charge is 0.304 e. The van der Waals surface area contributed by atoms with Crippen LogP contribution >= 0.6 is 0 Å². The zero-order chi connectivity index (χ0) is 22.9. The summed E-state index contributed by atoms with van der Waals surface area (Å²) >= 11 is 0. The molecule has 1 heterocycles. The highest BCUT2D eigenvalue weighted by atomic mass is 16.6. The molecule has 1 unspecified atom stereocenters. The first-order valence-electron chi connectivity index (χ1n) is 11.0. The minimum Gasteiger partial charge on any atom is -0.439 e. The van der Waals surface area contributed by atoms with E-state index in [0.29, 0.717) is 29.9 Å². The summed E-state index contributed by atoms with van der Waals surface area (Å²) in [6.45, 7) is 2.73. The van der Waals surface area contributed by atoms with Gasteiger partial charge in [0, 0.05) is 50.9 Å². The second kappa shape index (κ2) is 8.61. The van der Waals surface area contributed by atoms with Crippen molar-refractivity contribution in [2.24, 2.45) is 0 Å². The molecule has 0 spiro atoms. The summed E-state index contributed by atoms with van der Waals surface area (Å²) in [4.78, 5) is 43.4. The van der Waals surface area contributed by atoms with Crippen LogP contribution in [0.4, 0.5) is 5.69 Å². The Kier molecular flexibility index (Phi) is 5.87. The molecule has 6 heteroatoms. The molecule has 0 N–H and O–H groups in total. The fourth-order valence-electron chi connectivity index (χ4n) is 4.59. The first-order valence-corrected chi connectivity index (χ1v) is 11.0. The zero-order valence-electron chi connectivity index (χ0n) is 18.8. The third-order valence-electron chi connectivity index (χ3n) is 6.12. The van der Waals surface area contributed by atoms with Crippen LogP contribution in [0.3, 0.4) is 0 Å². The lowest BCUT2D eigenvalue weighted by Gasteiger charge is -2.48. The summed E-state index contributed by atoms with van der Waals surface area (Å²) in [5.74, 6) is -1.35. The van der Waals surface area contributed by atoms with Gasteiger partial charge in [-0.15, -0.1) is 0 Å². The molecule has 0 radical (unpaired) electrons. The van der Waals surface area contributed by atoms with Crippen LogP contribution in [0.25, 0.3) is 0 Å². The predicted molar refractivity (Wildman–Crippen MR) is 122 cm³/mol. The molecule has 0 amide bonds. The van der Waals surface area contributed by atoms with Gasteiger partial charge >= 0.3 is 5.97 Å². The predicted octanol–water partition coefficient (Wildman–Crippen LogP) is 3.72.